The average molecular weight is 244 g/mol. The molecule has 2 aromatic rings. The number of carboxylic acids is 1. The first kappa shape index (κ1) is 12.4. The fourth-order valence-corrected chi connectivity index (χ4v) is 1.98. The van der Waals surface area contributed by atoms with E-state index in [1.165, 1.54) is 0 Å². The Morgan fingerprint density at radius 1 is 1.44 bits per heavy atom. The number of rotatable bonds is 5. The summed E-state index contributed by atoms with van der Waals surface area (Å²) < 4.78 is 0. The van der Waals surface area contributed by atoms with E-state index in [1.807, 2.05) is 37.4 Å². The zero-order valence-corrected chi connectivity index (χ0v) is 10.3. The van der Waals surface area contributed by atoms with Crippen LogP contribution >= 0.6 is 0 Å². The minimum atomic E-state index is -0.730. The van der Waals surface area contributed by atoms with Crippen LogP contribution in [0.5, 0.6) is 0 Å². The van der Waals surface area contributed by atoms with Crippen molar-refractivity contribution in [1.29, 1.82) is 0 Å². The fraction of sp³-hybridized carbons (Fsp3) is 0.286. The van der Waals surface area contributed by atoms with Gasteiger partial charge in [-0.2, -0.15) is 5.10 Å². The molecule has 0 spiro atoms. The summed E-state index contributed by atoms with van der Waals surface area (Å²) >= 11 is 0. The maximum Gasteiger partial charge on any atom is 0.306 e. The lowest BCUT2D eigenvalue weighted by molar-refractivity contribution is -0.141. The second-order valence-electron chi connectivity index (χ2n) is 4.33. The molecule has 1 atom stereocenters. The van der Waals surface area contributed by atoms with Crippen molar-refractivity contribution in [3.8, 4) is 11.1 Å². The topological polar surface area (TPSA) is 66.0 Å². The SMILES string of the molecule is CCC(Cc1cccc(-c2cn[nH]c2)c1)C(=O)O. The van der Waals surface area contributed by atoms with Gasteiger partial charge in [0.2, 0.25) is 0 Å². The van der Waals surface area contributed by atoms with Crippen LogP contribution in [0.4, 0.5) is 0 Å². The van der Waals surface area contributed by atoms with Crippen molar-refractivity contribution < 1.29 is 9.90 Å². The van der Waals surface area contributed by atoms with Crippen molar-refractivity contribution in [2.45, 2.75) is 19.8 Å². The molecule has 0 aliphatic carbocycles. The summed E-state index contributed by atoms with van der Waals surface area (Å²) in [6, 6.07) is 7.94. The molecule has 1 aromatic carbocycles. The highest BCUT2D eigenvalue weighted by atomic mass is 16.4. The molecule has 0 saturated carbocycles. The highest BCUT2D eigenvalue weighted by molar-refractivity contribution is 5.70. The van der Waals surface area contributed by atoms with Gasteiger partial charge in [-0.3, -0.25) is 9.89 Å². The zero-order valence-electron chi connectivity index (χ0n) is 10.3. The van der Waals surface area contributed by atoms with Gasteiger partial charge >= 0.3 is 5.97 Å². The molecule has 0 saturated heterocycles. The summed E-state index contributed by atoms with van der Waals surface area (Å²) in [6.07, 6.45) is 4.80. The number of hydrogen-bond donors (Lipinski definition) is 2. The zero-order chi connectivity index (χ0) is 13.0. The lowest BCUT2D eigenvalue weighted by Gasteiger charge is -2.10. The Morgan fingerprint density at radius 2 is 2.28 bits per heavy atom. The van der Waals surface area contributed by atoms with Gasteiger partial charge in [-0.25, -0.2) is 0 Å². The number of benzene rings is 1. The molecule has 4 nitrogen and oxygen atoms in total. The van der Waals surface area contributed by atoms with E-state index < -0.39 is 5.97 Å². The minimum absolute atomic E-state index is 0.315. The number of hydrogen-bond acceptors (Lipinski definition) is 2. The number of nitrogens with one attached hydrogen (secondary N) is 1. The lowest BCUT2D eigenvalue weighted by atomic mass is 9.95. The fourth-order valence-electron chi connectivity index (χ4n) is 1.98. The molecular weight excluding hydrogens is 228 g/mol. The highest BCUT2D eigenvalue weighted by Crippen LogP contribution is 2.21. The summed E-state index contributed by atoms with van der Waals surface area (Å²) in [4.78, 5) is 11.0. The number of H-pyrrole nitrogens is 1. The number of aromatic nitrogens is 2. The third-order valence-corrected chi connectivity index (χ3v) is 3.08. The summed E-state index contributed by atoms with van der Waals surface area (Å²) in [7, 11) is 0. The van der Waals surface area contributed by atoms with Crippen LogP contribution in [-0.2, 0) is 11.2 Å². The molecule has 94 valence electrons. The minimum Gasteiger partial charge on any atom is -0.481 e. The van der Waals surface area contributed by atoms with Crippen molar-refractivity contribution in [3.05, 3.63) is 42.2 Å². The third-order valence-electron chi connectivity index (χ3n) is 3.08. The van der Waals surface area contributed by atoms with Crippen LogP contribution < -0.4 is 0 Å². The van der Waals surface area contributed by atoms with E-state index in [2.05, 4.69) is 10.2 Å². The van der Waals surface area contributed by atoms with Gasteiger partial charge < -0.3 is 5.11 Å². The van der Waals surface area contributed by atoms with Crippen molar-refractivity contribution in [2.75, 3.05) is 0 Å². The number of carboxylic acid groups (broad SMARTS) is 1. The van der Waals surface area contributed by atoms with Crippen LogP contribution in [0.1, 0.15) is 18.9 Å². The van der Waals surface area contributed by atoms with Gasteiger partial charge in [0.15, 0.2) is 0 Å². The third kappa shape index (κ3) is 2.77. The Bertz CT molecular complexity index is 520. The first-order chi connectivity index (χ1) is 8.70. The van der Waals surface area contributed by atoms with E-state index in [0.29, 0.717) is 12.8 Å². The second kappa shape index (κ2) is 5.49. The molecule has 0 bridgehead atoms. The van der Waals surface area contributed by atoms with Crippen LogP contribution in [-0.4, -0.2) is 21.3 Å². The monoisotopic (exact) mass is 244 g/mol. The summed E-state index contributed by atoms with van der Waals surface area (Å²) in [6.45, 7) is 1.90. The first-order valence-corrected chi connectivity index (χ1v) is 6.01. The lowest BCUT2D eigenvalue weighted by Crippen LogP contribution is -2.15. The van der Waals surface area contributed by atoms with Gasteiger partial charge in [0, 0.05) is 11.8 Å². The number of nitrogens with zero attached hydrogens (tertiary/aromatic N) is 1. The molecule has 2 N–H and O–H groups in total. The molecule has 18 heavy (non-hydrogen) atoms. The molecule has 0 amide bonds. The molecule has 4 heteroatoms. The van der Waals surface area contributed by atoms with E-state index in [-0.39, 0.29) is 5.92 Å². The predicted molar refractivity (Wildman–Crippen MR) is 69.1 cm³/mol. The van der Waals surface area contributed by atoms with E-state index in [0.717, 1.165) is 16.7 Å². The molecule has 1 unspecified atom stereocenters. The average Bonchev–Trinajstić information content (AvgIpc) is 2.90. The molecule has 0 radical (unpaired) electrons. The van der Waals surface area contributed by atoms with Crippen molar-refractivity contribution in [2.24, 2.45) is 5.92 Å². The van der Waals surface area contributed by atoms with Gasteiger partial charge in [-0.1, -0.05) is 31.2 Å². The molecular formula is C14H16N2O2. The molecule has 0 aliphatic heterocycles. The van der Waals surface area contributed by atoms with E-state index >= 15 is 0 Å². The number of aliphatic carboxylic acids is 1. The molecule has 2 rings (SSSR count). The number of aromatic amines is 1. The normalized spacial score (nSPS) is 12.3. The summed E-state index contributed by atoms with van der Waals surface area (Å²) in [5.41, 5.74) is 3.12. The number of carbonyl (C=O) groups is 1. The highest BCUT2D eigenvalue weighted by Gasteiger charge is 2.15. The van der Waals surface area contributed by atoms with Crippen LogP contribution in [0.2, 0.25) is 0 Å². The van der Waals surface area contributed by atoms with E-state index in [4.69, 9.17) is 5.11 Å². The van der Waals surface area contributed by atoms with E-state index in [9.17, 15) is 4.79 Å². The smallest absolute Gasteiger partial charge is 0.306 e. The standard InChI is InChI=1S/C14H16N2O2/c1-2-11(14(17)18)6-10-4-3-5-12(7-10)13-8-15-16-9-13/h3-5,7-9,11H,2,6H2,1H3,(H,15,16)(H,17,18). The molecule has 1 aromatic heterocycles. The maximum atomic E-state index is 11.0. The van der Waals surface area contributed by atoms with Gasteiger partial charge in [-0.15, -0.1) is 0 Å². The second-order valence-corrected chi connectivity index (χ2v) is 4.33. The van der Waals surface area contributed by atoms with Gasteiger partial charge in [-0.05, 0) is 24.0 Å². The predicted octanol–water partition coefficient (Wildman–Crippen LogP) is 2.73. The Hall–Kier alpha value is -2.10. The van der Waals surface area contributed by atoms with Crippen LogP contribution in [0.15, 0.2) is 36.7 Å². The van der Waals surface area contributed by atoms with Crippen LogP contribution in [0.3, 0.4) is 0 Å². The van der Waals surface area contributed by atoms with Crippen molar-refractivity contribution in [1.82, 2.24) is 10.2 Å². The van der Waals surface area contributed by atoms with Crippen molar-refractivity contribution >= 4 is 5.97 Å². The maximum absolute atomic E-state index is 11.0. The van der Waals surface area contributed by atoms with Crippen LogP contribution in [0.25, 0.3) is 11.1 Å². The molecule has 0 fully saturated rings. The quantitative estimate of drug-likeness (QED) is 0.849. The Balaban J connectivity index is 2.20. The van der Waals surface area contributed by atoms with Gasteiger partial charge in [0.1, 0.15) is 0 Å². The summed E-state index contributed by atoms with van der Waals surface area (Å²) in [5, 5.41) is 15.8. The Morgan fingerprint density at radius 3 is 2.89 bits per heavy atom. The van der Waals surface area contributed by atoms with Crippen molar-refractivity contribution in [3.63, 3.8) is 0 Å². The van der Waals surface area contributed by atoms with Gasteiger partial charge in [0.05, 0.1) is 12.1 Å². The molecule has 0 aliphatic rings. The Kier molecular flexibility index (Phi) is 3.77. The Labute approximate surface area is 106 Å². The largest absolute Gasteiger partial charge is 0.481 e. The van der Waals surface area contributed by atoms with Crippen LogP contribution in [0, 0.1) is 5.92 Å². The first-order valence-electron chi connectivity index (χ1n) is 6.01. The van der Waals surface area contributed by atoms with Gasteiger partial charge in [0.25, 0.3) is 0 Å². The summed E-state index contributed by atoms with van der Waals surface area (Å²) in [5.74, 6) is -1.05. The molecule has 1 heterocycles. The van der Waals surface area contributed by atoms with E-state index in [1.54, 1.807) is 6.20 Å².